The lowest BCUT2D eigenvalue weighted by Gasteiger charge is -2.13. The fourth-order valence-corrected chi connectivity index (χ4v) is 2.09. The summed E-state index contributed by atoms with van der Waals surface area (Å²) in [6.07, 6.45) is 8.23. The van der Waals surface area contributed by atoms with Crippen molar-refractivity contribution in [3.05, 3.63) is 11.6 Å². The molecule has 1 aliphatic carbocycles. The molecule has 1 nitrogen and oxygen atoms in total. The molecule has 0 amide bonds. The van der Waals surface area contributed by atoms with E-state index in [9.17, 15) is 0 Å². The van der Waals surface area contributed by atoms with Crippen LogP contribution in [0.15, 0.2) is 11.6 Å². The van der Waals surface area contributed by atoms with Crippen LogP contribution in [0.2, 0.25) is 0 Å². The van der Waals surface area contributed by atoms with E-state index in [4.69, 9.17) is 0 Å². The summed E-state index contributed by atoms with van der Waals surface area (Å²) in [7, 11) is 2.03. The molecule has 1 N–H and O–H groups in total. The minimum atomic E-state index is 0.702. The zero-order valence-electron chi connectivity index (χ0n) is 9.27. The van der Waals surface area contributed by atoms with E-state index in [2.05, 4.69) is 25.2 Å². The van der Waals surface area contributed by atoms with Crippen LogP contribution in [0.4, 0.5) is 0 Å². The Labute approximate surface area is 82.6 Å². The Kier molecular flexibility index (Phi) is 4.51. The quantitative estimate of drug-likeness (QED) is 0.657. The number of likely N-dealkylation sites (N-methyl/N-ethyl adjacent to an activating group) is 1. The predicted molar refractivity (Wildman–Crippen MR) is 58.8 cm³/mol. The second-order valence-corrected chi connectivity index (χ2v) is 4.47. The highest BCUT2D eigenvalue weighted by Crippen LogP contribution is 2.27. The molecule has 0 atom stereocenters. The van der Waals surface area contributed by atoms with Gasteiger partial charge in [-0.05, 0) is 31.7 Å². The van der Waals surface area contributed by atoms with Crippen molar-refractivity contribution < 1.29 is 0 Å². The molecule has 1 aliphatic rings. The van der Waals surface area contributed by atoms with Crippen molar-refractivity contribution in [2.24, 2.45) is 11.8 Å². The van der Waals surface area contributed by atoms with Crippen LogP contribution < -0.4 is 5.32 Å². The highest BCUT2D eigenvalue weighted by Gasteiger charge is 2.14. The van der Waals surface area contributed by atoms with E-state index in [1.165, 1.54) is 25.7 Å². The molecular formula is C12H23N. The Morgan fingerprint density at radius 1 is 1.38 bits per heavy atom. The third kappa shape index (κ3) is 3.51. The monoisotopic (exact) mass is 181 g/mol. The van der Waals surface area contributed by atoms with E-state index < -0.39 is 0 Å². The van der Waals surface area contributed by atoms with Gasteiger partial charge in [0.15, 0.2) is 0 Å². The van der Waals surface area contributed by atoms with E-state index in [1.807, 2.05) is 7.05 Å². The molecule has 1 heteroatoms. The Morgan fingerprint density at radius 2 is 2.00 bits per heavy atom. The van der Waals surface area contributed by atoms with Crippen LogP contribution in [0.5, 0.6) is 0 Å². The molecule has 13 heavy (non-hydrogen) atoms. The van der Waals surface area contributed by atoms with Gasteiger partial charge in [-0.1, -0.05) is 38.3 Å². The molecule has 0 bridgehead atoms. The molecular weight excluding hydrogens is 158 g/mol. The predicted octanol–water partition coefficient (Wildman–Crippen LogP) is 2.98. The summed E-state index contributed by atoms with van der Waals surface area (Å²) < 4.78 is 0. The number of hydrogen-bond donors (Lipinski definition) is 1. The van der Waals surface area contributed by atoms with Crippen molar-refractivity contribution in [3.8, 4) is 0 Å². The molecule has 0 saturated heterocycles. The normalized spacial score (nSPS) is 20.2. The van der Waals surface area contributed by atoms with Gasteiger partial charge >= 0.3 is 0 Å². The van der Waals surface area contributed by atoms with Gasteiger partial charge in [0.1, 0.15) is 0 Å². The molecule has 0 unspecified atom stereocenters. The van der Waals surface area contributed by atoms with Gasteiger partial charge < -0.3 is 5.32 Å². The summed E-state index contributed by atoms with van der Waals surface area (Å²) in [5.41, 5.74) is 1.59. The highest BCUT2D eigenvalue weighted by atomic mass is 14.8. The van der Waals surface area contributed by atoms with Gasteiger partial charge in [-0.2, -0.15) is 0 Å². The Hall–Kier alpha value is -0.300. The number of hydrogen-bond acceptors (Lipinski definition) is 1. The average molecular weight is 181 g/mol. The van der Waals surface area contributed by atoms with Gasteiger partial charge in [0.2, 0.25) is 0 Å². The molecule has 1 rings (SSSR count). The van der Waals surface area contributed by atoms with Crippen LogP contribution in [-0.4, -0.2) is 13.6 Å². The fourth-order valence-electron chi connectivity index (χ4n) is 2.09. The summed E-state index contributed by atoms with van der Waals surface area (Å²) in [4.78, 5) is 0. The van der Waals surface area contributed by atoms with E-state index in [0.29, 0.717) is 5.92 Å². The van der Waals surface area contributed by atoms with Crippen LogP contribution >= 0.6 is 0 Å². The summed E-state index contributed by atoms with van der Waals surface area (Å²) in [6, 6.07) is 0. The number of rotatable bonds is 4. The minimum Gasteiger partial charge on any atom is -0.316 e. The largest absolute Gasteiger partial charge is 0.316 e. The standard InChI is InChI=1S/C12H23N/c1-10(2)12(9-13-3)8-11-6-4-5-7-11/h8,10-11,13H,4-7,9H2,1-3H3. The number of nitrogens with one attached hydrogen (secondary N) is 1. The molecule has 1 fully saturated rings. The topological polar surface area (TPSA) is 12.0 Å². The van der Waals surface area contributed by atoms with Crippen molar-refractivity contribution in [1.82, 2.24) is 5.32 Å². The molecule has 0 aromatic heterocycles. The third-order valence-corrected chi connectivity index (χ3v) is 2.97. The van der Waals surface area contributed by atoms with Gasteiger partial charge in [0.25, 0.3) is 0 Å². The van der Waals surface area contributed by atoms with Gasteiger partial charge in [-0.3, -0.25) is 0 Å². The molecule has 1 saturated carbocycles. The molecule has 0 radical (unpaired) electrons. The summed E-state index contributed by atoms with van der Waals surface area (Å²) in [5, 5.41) is 3.25. The second-order valence-electron chi connectivity index (χ2n) is 4.47. The SMILES string of the molecule is CNCC(=CC1CCCC1)C(C)C. The Bertz CT molecular complexity index is 164. The van der Waals surface area contributed by atoms with Crippen LogP contribution in [0.3, 0.4) is 0 Å². The molecule has 76 valence electrons. The maximum atomic E-state index is 3.25. The van der Waals surface area contributed by atoms with Crippen LogP contribution in [-0.2, 0) is 0 Å². The van der Waals surface area contributed by atoms with Crippen LogP contribution in [0.25, 0.3) is 0 Å². The molecule has 0 aromatic carbocycles. The van der Waals surface area contributed by atoms with Gasteiger partial charge in [0, 0.05) is 6.54 Å². The number of allylic oxidation sites excluding steroid dienone is 1. The zero-order valence-corrected chi connectivity index (χ0v) is 9.27. The van der Waals surface area contributed by atoms with Crippen LogP contribution in [0, 0.1) is 11.8 Å². The summed E-state index contributed by atoms with van der Waals surface area (Å²) in [5.74, 6) is 1.58. The van der Waals surface area contributed by atoms with E-state index in [-0.39, 0.29) is 0 Å². The maximum absolute atomic E-state index is 3.25. The third-order valence-electron chi connectivity index (χ3n) is 2.97. The molecule has 0 spiro atoms. The van der Waals surface area contributed by atoms with Crippen molar-refractivity contribution in [2.45, 2.75) is 39.5 Å². The van der Waals surface area contributed by atoms with Crippen molar-refractivity contribution in [2.75, 3.05) is 13.6 Å². The lowest BCUT2D eigenvalue weighted by Crippen LogP contribution is -2.15. The van der Waals surface area contributed by atoms with E-state index in [1.54, 1.807) is 5.57 Å². The highest BCUT2D eigenvalue weighted by molar-refractivity contribution is 5.09. The van der Waals surface area contributed by atoms with E-state index in [0.717, 1.165) is 12.5 Å². The molecule has 0 aliphatic heterocycles. The summed E-state index contributed by atoms with van der Waals surface area (Å²) >= 11 is 0. The molecule has 0 aromatic rings. The lowest BCUT2D eigenvalue weighted by atomic mass is 9.97. The van der Waals surface area contributed by atoms with Crippen LogP contribution in [0.1, 0.15) is 39.5 Å². The van der Waals surface area contributed by atoms with E-state index >= 15 is 0 Å². The Morgan fingerprint density at radius 3 is 2.46 bits per heavy atom. The first-order valence-electron chi connectivity index (χ1n) is 5.59. The fraction of sp³-hybridized carbons (Fsp3) is 0.833. The summed E-state index contributed by atoms with van der Waals surface area (Å²) in [6.45, 7) is 5.64. The second kappa shape index (κ2) is 5.43. The smallest absolute Gasteiger partial charge is 0.0164 e. The minimum absolute atomic E-state index is 0.702. The first kappa shape index (κ1) is 10.8. The van der Waals surface area contributed by atoms with Crippen molar-refractivity contribution in [3.63, 3.8) is 0 Å². The molecule has 0 heterocycles. The van der Waals surface area contributed by atoms with Gasteiger partial charge in [-0.15, -0.1) is 0 Å². The zero-order chi connectivity index (χ0) is 9.68. The van der Waals surface area contributed by atoms with Crippen molar-refractivity contribution >= 4 is 0 Å². The Balaban J connectivity index is 2.50. The first-order valence-corrected chi connectivity index (χ1v) is 5.59. The van der Waals surface area contributed by atoms with Gasteiger partial charge in [0.05, 0.1) is 0 Å². The van der Waals surface area contributed by atoms with Crippen molar-refractivity contribution in [1.29, 1.82) is 0 Å². The first-order chi connectivity index (χ1) is 6.24. The lowest BCUT2D eigenvalue weighted by molar-refractivity contribution is 0.638. The van der Waals surface area contributed by atoms with Gasteiger partial charge in [-0.25, -0.2) is 0 Å². The maximum Gasteiger partial charge on any atom is 0.0164 e. The average Bonchev–Trinajstić information content (AvgIpc) is 2.56.